The lowest BCUT2D eigenvalue weighted by atomic mass is 9.78. The summed E-state index contributed by atoms with van der Waals surface area (Å²) in [7, 11) is 0. The molecule has 0 atom stereocenters. The minimum absolute atomic E-state index is 0.157. The standard InChI is InChI=1S/C25H30N2O2S/c1-15-10-8-9-11-19(15)26-23-27-22(29)20(30-23)14-16-12-17(24(2,3)4)21(28)18(13-16)25(5,6)7/h8-14,28H,1-7H3,(H,26,27,29)/b20-14-. The van der Waals surface area contributed by atoms with Gasteiger partial charge in [0.2, 0.25) is 0 Å². The minimum atomic E-state index is -0.221. The van der Waals surface area contributed by atoms with Crippen LogP contribution in [-0.4, -0.2) is 16.2 Å². The normalized spacial score (nSPS) is 17.6. The highest BCUT2D eigenvalue weighted by atomic mass is 32.2. The molecule has 2 aromatic rings. The largest absolute Gasteiger partial charge is 0.507 e. The lowest BCUT2D eigenvalue weighted by Gasteiger charge is -2.28. The van der Waals surface area contributed by atoms with Crippen LogP contribution in [0.4, 0.5) is 5.69 Å². The topological polar surface area (TPSA) is 61.7 Å². The highest BCUT2D eigenvalue weighted by Gasteiger charge is 2.28. The molecule has 2 aromatic carbocycles. The molecular weight excluding hydrogens is 392 g/mol. The highest BCUT2D eigenvalue weighted by Crippen LogP contribution is 2.40. The van der Waals surface area contributed by atoms with Crippen molar-refractivity contribution in [3.63, 3.8) is 0 Å². The van der Waals surface area contributed by atoms with Gasteiger partial charge < -0.3 is 10.4 Å². The van der Waals surface area contributed by atoms with E-state index in [-0.39, 0.29) is 16.7 Å². The number of nitrogens with one attached hydrogen (secondary N) is 1. The van der Waals surface area contributed by atoms with Crippen molar-refractivity contribution in [2.45, 2.75) is 59.3 Å². The van der Waals surface area contributed by atoms with Gasteiger partial charge in [-0.05, 0) is 64.9 Å². The second-order valence-corrected chi connectivity index (χ2v) is 10.8. The van der Waals surface area contributed by atoms with E-state index in [2.05, 4.69) is 51.9 Å². The van der Waals surface area contributed by atoms with Crippen LogP contribution in [-0.2, 0) is 15.6 Å². The van der Waals surface area contributed by atoms with Gasteiger partial charge in [-0.1, -0.05) is 59.7 Å². The van der Waals surface area contributed by atoms with Crippen LogP contribution in [0.25, 0.3) is 6.08 Å². The molecule has 1 aliphatic rings. The monoisotopic (exact) mass is 422 g/mol. The molecule has 5 heteroatoms. The number of phenols is 1. The summed E-state index contributed by atoms with van der Waals surface area (Å²) in [5, 5.41) is 14.3. The predicted octanol–water partition coefficient (Wildman–Crippen LogP) is 6.19. The number of carbonyl (C=O) groups excluding carboxylic acids is 1. The Balaban J connectivity index is 2.02. The number of rotatable bonds is 2. The van der Waals surface area contributed by atoms with Crippen molar-refractivity contribution in [1.29, 1.82) is 0 Å². The van der Waals surface area contributed by atoms with Crippen molar-refractivity contribution in [1.82, 2.24) is 5.32 Å². The fourth-order valence-corrected chi connectivity index (χ4v) is 4.15. The van der Waals surface area contributed by atoms with Crippen molar-refractivity contribution in [3.8, 4) is 5.75 Å². The summed E-state index contributed by atoms with van der Waals surface area (Å²) in [4.78, 5) is 17.7. The van der Waals surface area contributed by atoms with Crippen molar-refractivity contribution in [3.05, 3.63) is 63.6 Å². The molecule has 1 amide bonds. The van der Waals surface area contributed by atoms with Gasteiger partial charge in [-0.15, -0.1) is 0 Å². The number of aryl methyl sites for hydroxylation is 1. The first kappa shape index (κ1) is 22.2. The molecule has 1 aliphatic heterocycles. The van der Waals surface area contributed by atoms with Gasteiger partial charge in [0.25, 0.3) is 5.91 Å². The third-order valence-corrected chi connectivity index (χ3v) is 5.94. The van der Waals surface area contributed by atoms with Gasteiger partial charge in [0.1, 0.15) is 5.75 Å². The van der Waals surface area contributed by atoms with Gasteiger partial charge in [-0.25, -0.2) is 4.99 Å². The zero-order valence-corrected chi connectivity index (χ0v) is 19.6. The average Bonchev–Trinajstić information content (AvgIpc) is 2.95. The van der Waals surface area contributed by atoms with Crippen molar-refractivity contribution in [2.75, 3.05) is 0 Å². The van der Waals surface area contributed by atoms with Crippen molar-refractivity contribution < 1.29 is 9.90 Å². The fourth-order valence-electron chi connectivity index (χ4n) is 3.31. The summed E-state index contributed by atoms with van der Waals surface area (Å²) in [6, 6.07) is 11.8. The number of amidine groups is 1. The Morgan fingerprint density at radius 3 is 2.10 bits per heavy atom. The summed E-state index contributed by atoms with van der Waals surface area (Å²) < 4.78 is 0. The number of amides is 1. The Kier molecular flexibility index (Phi) is 5.87. The van der Waals surface area contributed by atoms with Gasteiger partial charge in [0, 0.05) is 11.1 Å². The van der Waals surface area contributed by atoms with Crippen LogP contribution in [0.3, 0.4) is 0 Å². The molecule has 158 valence electrons. The molecule has 0 bridgehead atoms. The molecule has 1 saturated heterocycles. The Hall–Kier alpha value is -2.53. The van der Waals surface area contributed by atoms with E-state index >= 15 is 0 Å². The van der Waals surface area contributed by atoms with Crippen LogP contribution in [0.5, 0.6) is 5.75 Å². The van der Waals surface area contributed by atoms with E-state index in [1.807, 2.05) is 49.4 Å². The molecule has 0 saturated carbocycles. The number of hydrogen-bond acceptors (Lipinski definition) is 4. The van der Waals surface area contributed by atoms with E-state index in [9.17, 15) is 9.90 Å². The molecule has 1 heterocycles. The second-order valence-electron chi connectivity index (χ2n) is 9.73. The molecule has 0 unspecified atom stereocenters. The SMILES string of the molecule is Cc1ccccc1N=C1NC(=O)/C(=C/c2cc(C(C)(C)C)c(O)c(C(C)(C)C)c2)S1. The zero-order valence-electron chi connectivity index (χ0n) is 18.8. The predicted molar refractivity (Wildman–Crippen MR) is 127 cm³/mol. The Bertz CT molecular complexity index is 1020. The summed E-state index contributed by atoms with van der Waals surface area (Å²) >= 11 is 1.34. The van der Waals surface area contributed by atoms with E-state index < -0.39 is 0 Å². The maximum Gasteiger partial charge on any atom is 0.264 e. The molecule has 0 aliphatic carbocycles. The first-order chi connectivity index (χ1) is 13.9. The molecule has 0 spiro atoms. The Labute approximate surface area is 183 Å². The first-order valence-electron chi connectivity index (χ1n) is 10.1. The van der Waals surface area contributed by atoms with Gasteiger partial charge in [0.05, 0.1) is 10.6 Å². The van der Waals surface area contributed by atoms with Crippen LogP contribution in [0.1, 0.15) is 63.8 Å². The van der Waals surface area contributed by atoms with Gasteiger partial charge in [-0.2, -0.15) is 0 Å². The maximum atomic E-state index is 12.6. The molecule has 3 rings (SSSR count). The van der Waals surface area contributed by atoms with Crippen molar-refractivity contribution in [2.24, 2.45) is 4.99 Å². The van der Waals surface area contributed by atoms with Gasteiger partial charge in [0.15, 0.2) is 5.17 Å². The molecule has 1 fully saturated rings. The molecule has 0 aromatic heterocycles. The minimum Gasteiger partial charge on any atom is -0.507 e. The second kappa shape index (κ2) is 7.95. The first-order valence-corrected chi connectivity index (χ1v) is 10.9. The van der Waals surface area contributed by atoms with Gasteiger partial charge in [-0.3, -0.25) is 4.79 Å². The number of carbonyl (C=O) groups is 1. The van der Waals surface area contributed by atoms with Crippen LogP contribution in [0.2, 0.25) is 0 Å². The van der Waals surface area contributed by atoms with Crippen LogP contribution < -0.4 is 5.32 Å². The van der Waals surface area contributed by atoms with Crippen LogP contribution in [0, 0.1) is 6.92 Å². The number of benzene rings is 2. The number of aromatic hydroxyl groups is 1. The molecule has 2 N–H and O–H groups in total. The Morgan fingerprint density at radius 1 is 1.00 bits per heavy atom. The lowest BCUT2D eigenvalue weighted by Crippen LogP contribution is -2.19. The third kappa shape index (κ3) is 4.78. The molecular formula is C25H30N2O2S. The summed E-state index contributed by atoms with van der Waals surface area (Å²) in [5.41, 5.74) is 4.11. The number of phenolic OH excluding ortho intramolecular Hbond substituents is 1. The van der Waals surface area contributed by atoms with E-state index in [4.69, 9.17) is 0 Å². The van der Waals surface area contributed by atoms with Gasteiger partial charge >= 0.3 is 0 Å². The van der Waals surface area contributed by atoms with E-state index in [1.165, 1.54) is 11.8 Å². The van der Waals surface area contributed by atoms with Crippen molar-refractivity contribution >= 4 is 34.6 Å². The molecule has 4 nitrogen and oxygen atoms in total. The number of nitrogens with zero attached hydrogens (tertiary/aromatic N) is 1. The lowest BCUT2D eigenvalue weighted by molar-refractivity contribution is -0.115. The van der Waals surface area contributed by atoms with E-state index in [1.54, 1.807) is 0 Å². The van der Waals surface area contributed by atoms with E-state index in [0.717, 1.165) is 27.9 Å². The molecule has 30 heavy (non-hydrogen) atoms. The fraction of sp³-hybridized carbons (Fsp3) is 0.360. The van der Waals surface area contributed by atoms with Crippen LogP contribution in [0.15, 0.2) is 46.3 Å². The number of para-hydroxylation sites is 1. The molecule has 0 radical (unpaired) electrons. The quantitative estimate of drug-likeness (QED) is 0.568. The summed E-state index contributed by atoms with van der Waals surface area (Å²) in [6.07, 6.45) is 1.88. The number of hydrogen-bond donors (Lipinski definition) is 2. The zero-order chi connectivity index (χ0) is 22.3. The average molecular weight is 423 g/mol. The summed E-state index contributed by atoms with van der Waals surface area (Å²) in [5.74, 6) is 0.178. The number of thioether (sulfide) groups is 1. The summed E-state index contributed by atoms with van der Waals surface area (Å²) in [6.45, 7) is 14.5. The highest BCUT2D eigenvalue weighted by molar-refractivity contribution is 8.18. The third-order valence-electron chi connectivity index (χ3n) is 5.03. The smallest absolute Gasteiger partial charge is 0.264 e. The van der Waals surface area contributed by atoms with E-state index in [0.29, 0.717) is 15.8 Å². The van der Waals surface area contributed by atoms with Crippen LogP contribution >= 0.6 is 11.8 Å². The maximum absolute atomic E-state index is 12.6. The Morgan fingerprint density at radius 2 is 1.57 bits per heavy atom. The number of aliphatic imine (C=N–C) groups is 1.